The van der Waals surface area contributed by atoms with Gasteiger partial charge >= 0.3 is 59.1 Å². The number of aryl methyl sites for hydroxylation is 1. The van der Waals surface area contributed by atoms with Crippen molar-refractivity contribution >= 4 is 69.2 Å². The molecule has 0 saturated carbocycles. The van der Waals surface area contributed by atoms with Crippen molar-refractivity contribution in [2.45, 2.75) is 6.42 Å². The van der Waals surface area contributed by atoms with Crippen LogP contribution in [0, 0.1) is 0 Å². The van der Waals surface area contributed by atoms with Gasteiger partial charge in [0.05, 0.1) is 5.75 Å². The first kappa shape index (κ1) is 17.5. The van der Waals surface area contributed by atoms with Crippen molar-refractivity contribution in [2.24, 2.45) is 0 Å². The van der Waals surface area contributed by atoms with Crippen LogP contribution in [-0.2, 0) is 16.5 Å². The number of hydrogen-bond acceptors (Lipinski definition) is 2. The Morgan fingerprint density at radius 2 is 1.57 bits per heavy atom. The molecule has 1 aromatic carbocycles. The zero-order valence-corrected chi connectivity index (χ0v) is 7.29. The summed E-state index contributed by atoms with van der Waals surface area (Å²) < 4.78 is 29.2. The van der Waals surface area contributed by atoms with Crippen LogP contribution >= 0.6 is 0 Å². The van der Waals surface area contributed by atoms with Crippen LogP contribution in [0.25, 0.3) is 0 Å². The summed E-state index contributed by atoms with van der Waals surface area (Å²) >= 11 is 0. The monoisotopic (exact) mass is 234 g/mol. The summed E-state index contributed by atoms with van der Waals surface area (Å²) in [7, 11) is -3.82. The average Bonchev–Trinajstić information content (AvgIpc) is 2.02. The molecule has 1 aromatic rings. The van der Waals surface area contributed by atoms with E-state index < -0.39 is 10.1 Å². The minimum absolute atomic E-state index is 0. The van der Waals surface area contributed by atoms with Gasteiger partial charge in [-0.05, 0) is 12.0 Å². The second-order valence-electron chi connectivity index (χ2n) is 2.52. The van der Waals surface area contributed by atoms with Crippen LogP contribution in [-0.4, -0.2) is 77.8 Å². The predicted octanol–water partition coefficient (Wildman–Crippen LogP) is -0.180. The van der Waals surface area contributed by atoms with Crippen molar-refractivity contribution in [3.8, 4) is 0 Å². The van der Waals surface area contributed by atoms with Gasteiger partial charge < -0.3 is 0 Å². The van der Waals surface area contributed by atoms with Crippen molar-refractivity contribution in [3.05, 3.63) is 35.9 Å². The van der Waals surface area contributed by atoms with Gasteiger partial charge in [-0.15, -0.1) is 0 Å². The van der Waals surface area contributed by atoms with Crippen molar-refractivity contribution in [1.29, 1.82) is 0 Å². The normalized spacial score (nSPS) is 9.79. The molecule has 0 amide bonds. The van der Waals surface area contributed by atoms with E-state index in [1.165, 1.54) is 0 Å². The maximum absolute atomic E-state index is 10.4. The third kappa shape index (κ3) is 8.44. The van der Waals surface area contributed by atoms with Gasteiger partial charge in [0, 0.05) is 0 Å². The molecule has 1 N–H and O–H groups in total. The molecule has 0 aliphatic heterocycles. The Morgan fingerprint density at radius 1 is 1.07 bits per heavy atom. The topological polar surface area (TPSA) is 54.4 Å². The molecule has 0 aliphatic carbocycles. The first-order valence-electron chi connectivity index (χ1n) is 3.57. The van der Waals surface area contributed by atoms with Crippen molar-refractivity contribution in [3.63, 3.8) is 0 Å². The molecular formula is C8H12Na2O3S. The number of hydrogen-bond donors (Lipinski definition) is 1. The fraction of sp³-hybridized carbons (Fsp3) is 0.250. The number of rotatable bonds is 3. The predicted molar refractivity (Wildman–Crippen MR) is 60.9 cm³/mol. The molecule has 0 unspecified atom stereocenters. The molecule has 3 nitrogen and oxygen atoms in total. The zero-order chi connectivity index (χ0) is 9.03. The van der Waals surface area contributed by atoms with Crippen LogP contribution in [0.1, 0.15) is 5.56 Å². The molecule has 0 radical (unpaired) electrons. The Hall–Kier alpha value is 1.13. The third-order valence-corrected chi connectivity index (χ3v) is 2.21. The van der Waals surface area contributed by atoms with E-state index in [2.05, 4.69) is 0 Å². The van der Waals surface area contributed by atoms with Crippen molar-refractivity contribution in [1.82, 2.24) is 0 Å². The van der Waals surface area contributed by atoms with Gasteiger partial charge in [0.15, 0.2) is 0 Å². The van der Waals surface area contributed by atoms with E-state index in [9.17, 15) is 8.42 Å². The van der Waals surface area contributed by atoms with Crippen molar-refractivity contribution in [2.75, 3.05) is 5.75 Å². The Bertz CT molecular complexity index is 337. The second-order valence-corrected chi connectivity index (χ2v) is 4.09. The summed E-state index contributed by atoms with van der Waals surface area (Å²) in [4.78, 5) is 0. The van der Waals surface area contributed by atoms with E-state index >= 15 is 0 Å². The third-order valence-electron chi connectivity index (χ3n) is 1.49. The molecule has 0 heterocycles. The standard InChI is InChI=1S/C8H10O3S.2Na.2H/c9-12(10,11)7-6-8-4-2-1-3-5-8;;;;/h1-5H,6-7H2,(H,9,10,11);;;;. The van der Waals surface area contributed by atoms with Crippen LogP contribution in [0.3, 0.4) is 0 Å². The molecule has 70 valence electrons. The van der Waals surface area contributed by atoms with Gasteiger partial charge in [0.1, 0.15) is 0 Å². The summed E-state index contributed by atoms with van der Waals surface area (Å²) in [6.07, 6.45) is 0.361. The molecule has 14 heavy (non-hydrogen) atoms. The number of benzene rings is 1. The molecule has 0 aliphatic rings. The summed E-state index contributed by atoms with van der Waals surface area (Å²) in [6.45, 7) is 0. The van der Waals surface area contributed by atoms with E-state index in [0.717, 1.165) is 5.56 Å². The fourth-order valence-corrected chi connectivity index (χ4v) is 1.39. The molecule has 0 bridgehead atoms. The minimum atomic E-state index is -3.82. The van der Waals surface area contributed by atoms with E-state index in [-0.39, 0.29) is 64.9 Å². The second kappa shape index (κ2) is 8.30. The molecule has 0 saturated heterocycles. The molecule has 0 fully saturated rings. The van der Waals surface area contributed by atoms with Crippen LogP contribution in [0.2, 0.25) is 0 Å². The van der Waals surface area contributed by atoms with E-state index in [1.54, 1.807) is 0 Å². The van der Waals surface area contributed by atoms with Gasteiger partial charge in [-0.3, -0.25) is 4.55 Å². The Balaban J connectivity index is 0. The average molecular weight is 234 g/mol. The van der Waals surface area contributed by atoms with Gasteiger partial charge in [0.25, 0.3) is 10.1 Å². The van der Waals surface area contributed by atoms with E-state index in [0.29, 0.717) is 6.42 Å². The Morgan fingerprint density at radius 3 is 2.00 bits per heavy atom. The quantitative estimate of drug-likeness (QED) is 0.583. The van der Waals surface area contributed by atoms with Crippen LogP contribution in [0.4, 0.5) is 0 Å². The Labute approximate surface area is 129 Å². The fourth-order valence-electron chi connectivity index (χ4n) is 0.892. The van der Waals surface area contributed by atoms with Crippen LogP contribution in [0.5, 0.6) is 0 Å². The van der Waals surface area contributed by atoms with E-state index in [1.807, 2.05) is 30.3 Å². The van der Waals surface area contributed by atoms with Gasteiger partial charge in [0.2, 0.25) is 0 Å². The van der Waals surface area contributed by atoms with Gasteiger partial charge in [-0.1, -0.05) is 30.3 Å². The molecule has 0 aromatic heterocycles. The first-order chi connectivity index (χ1) is 5.58. The summed E-state index contributed by atoms with van der Waals surface area (Å²) in [5.74, 6) is -0.211. The van der Waals surface area contributed by atoms with Crippen LogP contribution in [0.15, 0.2) is 30.3 Å². The Kier molecular flexibility index (Phi) is 10.4. The van der Waals surface area contributed by atoms with Gasteiger partial charge in [-0.25, -0.2) is 0 Å². The van der Waals surface area contributed by atoms with E-state index in [4.69, 9.17) is 4.55 Å². The zero-order valence-electron chi connectivity index (χ0n) is 6.47. The SMILES string of the molecule is O=S(=O)(O)CCc1ccccc1.[NaH].[NaH]. The molecule has 0 atom stereocenters. The van der Waals surface area contributed by atoms with Crippen molar-refractivity contribution < 1.29 is 13.0 Å². The summed E-state index contributed by atoms with van der Waals surface area (Å²) in [5.41, 5.74) is 0.912. The maximum atomic E-state index is 10.4. The van der Waals surface area contributed by atoms with Gasteiger partial charge in [-0.2, -0.15) is 8.42 Å². The van der Waals surface area contributed by atoms with Crippen LogP contribution < -0.4 is 0 Å². The molecule has 0 spiro atoms. The first-order valence-corrected chi connectivity index (χ1v) is 5.18. The molecule has 6 heteroatoms. The molecule has 1 rings (SSSR count). The summed E-state index contributed by atoms with van der Waals surface area (Å²) in [6, 6.07) is 9.17. The summed E-state index contributed by atoms with van der Waals surface area (Å²) in [5, 5.41) is 0. The molecular weight excluding hydrogens is 222 g/mol.